The van der Waals surface area contributed by atoms with Crippen LogP contribution >= 0.6 is 12.4 Å². The molecule has 2 atom stereocenters. The first-order valence-corrected chi connectivity index (χ1v) is 8.94. The highest BCUT2D eigenvalue weighted by atomic mass is 35.5. The highest BCUT2D eigenvalue weighted by Gasteiger charge is 2.26. The summed E-state index contributed by atoms with van der Waals surface area (Å²) in [5.74, 6) is 0.0800. The van der Waals surface area contributed by atoms with Gasteiger partial charge < -0.3 is 20.3 Å². The average molecular weight is 384 g/mol. The molecule has 1 aliphatic heterocycles. The minimum Gasteiger partial charge on any atom is -0.372 e. The number of benzene rings is 1. The number of nitrogens with zero attached hydrogens (tertiary/aromatic N) is 1. The number of ether oxygens (including phenoxy) is 1. The summed E-state index contributed by atoms with van der Waals surface area (Å²) in [5.41, 5.74) is 1.66. The maximum absolute atomic E-state index is 12.6. The second-order valence-corrected chi connectivity index (χ2v) is 6.65. The Morgan fingerprint density at radius 3 is 2.35 bits per heavy atom. The summed E-state index contributed by atoms with van der Waals surface area (Å²) < 4.78 is 5.67. The minimum absolute atomic E-state index is 0. The van der Waals surface area contributed by atoms with E-state index in [4.69, 9.17) is 4.74 Å². The van der Waals surface area contributed by atoms with Gasteiger partial charge in [0.15, 0.2) is 0 Å². The Labute approximate surface area is 162 Å². The molecule has 1 saturated heterocycles. The number of rotatable bonds is 7. The van der Waals surface area contributed by atoms with E-state index in [0.717, 1.165) is 18.5 Å². The van der Waals surface area contributed by atoms with Gasteiger partial charge in [-0.1, -0.05) is 12.1 Å². The molecule has 7 heteroatoms. The zero-order valence-corrected chi connectivity index (χ0v) is 16.6. The van der Waals surface area contributed by atoms with Gasteiger partial charge in [0.1, 0.15) is 0 Å². The van der Waals surface area contributed by atoms with Crippen LogP contribution in [0.25, 0.3) is 0 Å². The number of halogens is 1. The second kappa shape index (κ2) is 11.2. The van der Waals surface area contributed by atoms with E-state index in [1.807, 2.05) is 50.1 Å². The molecule has 26 heavy (non-hydrogen) atoms. The van der Waals surface area contributed by atoms with Crippen LogP contribution in [-0.2, 0) is 16.1 Å². The van der Waals surface area contributed by atoms with Gasteiger partial charge in [-0.2, -0.15) is 0 Å². The molecule has 2 unspecified atom stereocenters. The van der Waals surface area contributed by atoms with Crippen LogP contribution in [0.2, 0.25) is 0 Å². The summed E-state index contributed by atoms with van der Waals surface area (Å²) in [6.07, 6.45) is 1.46. The van der Waals surface area contributed by atoms with Crippen LogP contribution in [0.5, 0.6) is 0 Å². The van der Waals surface area contributed by atoms with Crippen molar-refractivity contribution in [2.45, 2.75) is 45.4 Å². The highest BCUT2D eigenvalue weighted by Crippen LogP contribution is 2.15. The van der Waals surface area contributed by atoms with Crippen molar-refractivity contribution in [2.24, 2.45) is 0 Å². The molecule has 1 aromatic carbocycles. The maximum Gasteiger partial charge on any atom is 0.254 e. The Balaban J connectivity index is 0.00000338. The monoisotopic (exact) mass is 383 g/mol. The van der Waals surface area contributed by atoms with Gasteiger partial charge in [-0.3, -0.25) is 9.59 Å². The molecular weight excluding hydrogens is 354 g/mol. The van der Waals surface area contributed by atoms with Crippen LogP contribution in [0, 0.1) is 0 Å². The van der Waals surface area contributed by atoms with Crippen LogP contribution < -0.4 is 10.6 Å². The summed E-state index contributed by atoms with van der Waals surface area (Å²) in [6.45, 7) is 6.53. The normalized spacial score (nSPS) is 19.6. The first kappa shape index (κ1) is 22.4. The Kier molecular flexibility index (Phi) is 9.62. The van der Waals surface area contributed by atoms with Gasteiger partial charge in [0.05, 0.1) is 12.2 Å². The number of carbonyl (C=O) groups is 2. The molecule has 0 saturated carbocycles. The van der Waals surface area contributed by atoms with Crippen LogP contribution in [0.15, 0.2) is 24.3 Å². The van der Waals surface area contributed by atoms with Gasteiger partial charge >= 0.3 is 0 Å². The predicted octanol–water partition coefficient (Wildman–Crippen LogP) is 1.97. The van der Waals surface area contributed by atoms with E-state index in [0.29, 0.717) is 31.6 Å². The third-order valence-corrected chi connectivity index (χ3v) is 4.23. The molecule has 0 spiro atoms. The van der Waals surface area contributed by atoms with Crippen LogP contribution in [0.3, 0.4) is 0 Å². The van der Waals surface area contributed by atoms with E-state index in [9.17, 15) is 9.59 Å². The molecule has 1 aromatic rings. The topological polar surface area (TPSA) is 70.7 Å². The van der Waals surface area contributed by atoms with E-state index >= 15 is 0 Å². The summed E-state index contributed by atoms with van der Waals surface area (Å²) in [4.78, 5) is 26.2. The molecule has 1 fully saturated rings. The third kappa shape index (κ3) is 6.94. The largest absolute Gasteiger partial charge is 0.372 e. The summed E-state index contributed by atoms with van der Waals surface area (Å²) in [5, 5.41) is 5.93. The minimum atomic E-state index is 0. The molecule has 2 N–H and O–H groups in total. The van der Waals surface area contributed by atoms with Gasteiger partial charge in [-0.25, -0.2) is 0 Å². The second-order valence-electron chi connectivity index (χ2n) is 6.65. The molecule has 6 nitrogen and oxygen atoms in total. The predicted molar refractivity (Wildman–Crippen MR) is 105 cm³/mol. The Hall–Kier alpha value is -1.63. The molecule has 146 valence electrons. The smallest absolute Gasteiger partial charge is 0.254 e. The maximum atomic E-state index is 12.6. The van der Waals surface area contributed by atoms with Gasteiger partial charge in [-0.15, -0.1) is 12.4 Å². The number of carbonyl (C=O) groups excluding carboxylic acids is 2. The van der Waals surface area contributed by atoms with Crippen molar-refractivity contribution in [2.75, 3.05) is 26.7 Å². The fourth-order valence-corrected chi connectivity index (χ4v) is 3.01. The lowest BCUT2D eigenvalue weighted by Gasteiger charge is -2.35. The number of amides is 2. The molecule has 2 amide bonds. The lowest BCUT2D eigenvalue weighted by molar-refractivity contribution is -0.121. The zero-order valence-electron chi connectivity index (χ0n) is 15.8. The fourth-order valence-electron chi connectivity index (χ4n) is 3.01. The average Bonchev–Trinajstić information content (AvgIpc) is 2.59. The van der Waals surface area contributed by atoms with Gasteiger partial charge in [0.2, 0.25) is 5.91 Å². The van der Waals surface area contributed by atoms with Crippen LogP contribution in [0.4, 0.5) is 0 Å². The van der Waals surface area contributed by atoms with Crippen LogP contribution in [0.1, 0.15) is 42.6 Å². The van der Waals surface area contributed by atoms with Crippen LogP contribution in [-0.4, -0.2) is 55.6 Å². The SMILES string of the molecule is CNCCCC(=O)NCc1ccc(C(=O)N2CC(C)OC(C)C2)cc1.Cl. The molecule has 0 bridgehead atoms. The van der Waals surface area contributed by atoms with Crippen molar-refractivity contribution in [3.05, 3.63) is 35.4 Å². The van der Waals surface area contributed by atoms with E-state index in [-0.39, 0.29) is 36.4 Å². The number of nitrogens with one attached hydrogen (secondary N) is 2. The van der Waals surface area contributed by atoms with Crippen molar-refractivity contribution in [1.82, 2.24) is 15.5 Å². The number of hydrogen-bond acceptors (Lipinski definition) is 4. The Bertz CT molecular complexity index is 570. The molecule has 2 rings (SSSR count). The van der Waals surface area contributed by atoms with Crippen molar-refractivity contribution < 1.29 is 14.3 Å². The van der Waals surface area contributed by atoms with Crippen molar-refractivity contribution in [3.63, 3.8) is 0 Å². The molecule has 0 aromatic heterocycles. The molecular formula is C19H30ClN3O3. The van der Waals surface area contributed by atoms with E-state index in [1.165, 1.54) is 0 Å². The number of hydrogen-bond donors (Lipinski definition) is 2. The first-order chi connectivity index (χ1) is 12.0. The van der Waals surface area contributed by atoms with Gasteiger partial charge in [0.25, 0.3) is 5.91 Å². The van der Waals surface area contributed by atoms with E-state index < -0.39 is 0 Å². The van der Waals surface area contributed by atoms with Crippen molar-refractivity contribution >= 4 is 24.2 Å². The highest BCUT2D eigenvalue weighted by molar-refractivity contribution is 5.94. The summed E-state index contributed by atoms with van der Waals surface area (Å²) in [7, 11) is 1.87. The van der Waals surface area contributed by atoms with E-state index in [1.54, 1.807) is 0 Å². The fraction of sp³-hybridized carbons (Fsp3) is 0.579. The van der Waals surface area contributed by atoms with Crippen molar-refractivity contribution in [3.8, 4) is 0 Å². The molecule has 1 heterocycles. The molecule has 0 radical (unpaired) electrons. The molecule has 0 aliphatic carbocycles. The lowest BCUT2D eigenvalue weighted by atomic mass is 10.1. The standard InChI is InChI=1S/C19H29N3O3.ClH/c1-14-12-22(13-15(2)25-14)19(24)17-8-6-16(7-9-17)11-21-18(23)5-4-10-20-3;/h6-9,14-15,20H,4-5,10-13H2,1-3H3,(H,21,23);1H. The van der Waals surface area contributed by atoms with E-state index in [2.05, 4.69) is 10.6 Å². The Morgan fingerprint density at radius 1 is 1.15 bits per heavy atom. The van der Waals surface area contributed by atoms with Gasteiger partial charge in [-0.05, 0) is 51.6 Å². The molecule has 1 aliphatic rings. The first-order valence-electron chi connectivity index (χ1n) is 8.94. The van der Waals surface area contributed by atoms with Gasteiger partial charge in [0, 0.05) is 31.6 Å². The zero-order chi connectivity index (χ0) is 18.2. The third-order valence-electron chi connectivity index (χ3n) is 4.23. The lowest BCUT2D eigenvalue weighted by Crippen LogP contribution is -2.48. The Morgan fingerprint density at radius 2 is 1.77 bits per heavy atom. The number of morpholine rings is 1. The summed E-state index contributed by atoms with van der Waals surface area (Å²) >= 11 is 0. The quantitative estimate of drug-likeness (QED) is 0.706. The summed E-state index contributed by atoms with van der Waals surface area (Å²) in [6, 6.07) is 7.45. The van der Waals surface area contributed by atoms with Crippen molar-refractivity contribution in [1.29, 1.82) is 0 Å².